The molecule has 0 bridgehead atoms. The highest BCUT2D eigenvalue weighted by molar-refractivity contribution is 9.10. The molecule has 0 amide bonds. The standard InChI is InChI=1S/C15H9BrClF3O/c1-8-2-3-9(6-13(8)17)14(21)11-7-10(15(18,19)20)4-5-12(11)16/h2-7H,1H3. The third kappa shape index (κ3) is 3.47. The SMILES string of the molecule is Cc1ccc(C(=O)c2cc(C(F)(F)F)ccc2Br)cc1Cl. The molecule has 6 heteroatoms. The summed E-state index contributed by atoms with van der Waals surface area (Å²) in [6.45, 7) is 1.77. The van der Waals surface area contributed by atoms with Gasteiger partial charge in [0.2, 0.25) is 0 Å². The molecule has 0 saturated carbocycles. The van der Waals surface area contributed by atoms with Crippen LogP contribution in [0.5, 0.6) is 0 Å². The van der Waals surface area contributed by atoms with Gasteiger partial charge >= 0.3 is 6.18 Å². The van der Waals surface area contributed by atoms with Crippen molar-refractivity contribution in [2.24, 2.45) is 0 Å². The second kappa shape index (κ2) is 5.81. The highest BCUT2D eigenvalue weighted by atomic mass is 79.9. The Morgan fingerprint density at radius 2 is 1.81 bits per heavy atom. The van der Waals surface area contributed by atoms with E-state index in [-0.39, 0.29) is 11.1 Å². The van der Waals surface area contributed by atoms with Gasteiger partial charge < -0.3 is 0 Å². The molecule has 0 aliphatic carbocycles. The summed E-state index contributed by atoms with van der Waals surface area (Å²) in [6.07, 6.45) is -4.50. The predicted molar refractivity (Wildman–Crippen MR) is 78.8 cm³/mol. The van der Waals surface area contributed by atoms with Gasteiger partial charge in [-0.15, -0.1) is 0 Å². The van der Waals surface area contributed by atoms with E-state index < -0.39 is 17.5 Å². The third-order valence-electron chi connectivity index (χ3n) is 2.97. The molecule has 0 saturated heterocycles. The number of carbonyl (C=O) groups is 1. The largest absolute Gasteiger partial charge is 0.416 e. The van der Waals surface area contributed by atoms with E-state index in [0.29, 0.717) is 9.50 Å². The summed E-state index contributed by atoms with van der Waals surface area (Å²) in [7, 11) is 0. The van der Waals surface area contributed by atoms with E-state index in [4.69, 9.17) is 11.6 Å². The number of ketones is 1. The van der Waals surface area contributed by atoms with Crippen molar-refractivity contribution in [3.63, 3.8) is 0 Å². The third-order valence-corrected chi connectivity index (χ3v) is 4.07. The normalized spacial score (nSPS) is 11.5. The van der Waals surface area contributed by atoms with Gasteiger partial charge in [-0.05, 0) is 36.8 Å². The van der Waals surface area contributed by atoms with E-state index in [0.717, 1.165) is 17.7 Å². The van der Waals surface area contributed by atoms with Crippen LogP contribution in [0.2, 0.25) is 5.02 Å². The quantitative estimate of drug-likeness (QED) is 0.617. The number of carbonyl (C=O) groups excluding carboxylic acids is 1. The summed E-state index contributed by atoms with van der Waals surface area (Å²) in [5.41, 5.74) is 0.110. The molecule has 2 rings (SSSR count). The Hall–Kier alpha value is -1.33. The lowest BCUT2D eigenvalue weighted by Crippen LogP contribution is -2.09. The maximum absolute atomic E-state index is 12.7. The maximum Gasteiger partial charge on any atom is 0.416 e. The van der Waals surface area contributed by atoms with E-state index in [1.54, 1.807) is 13.0 Å². The molecule has 0 N–H and O–H groups in total. The molecule has 0 atom stereocenters. The van der Waals surface area contributed by atoms with E-state index in [1.807, 2.05) is 0 Å². The zero-order valence-corrected chi connectivity index (χ0v) is 13.1. The van der Waals surface area contributed by atoms with E-state index in [2.05, 4.69) is 15.9 Å². The Morgan fingerprint density at radius 3 is 2.38 bits per heavy atom. The summed E-state index contributed by atoms with van der Waals surface area (Å²) < 4.78 is 38.5. The second-order valence-corrected chi connectivity index (χ2v) is 5.75. The van der Waals surface area contributed by atoms with Crippen molar-refractivity contribution in [2.45, 2.75) is 13.1 Å². The fourth-order valence-corrected chi connectivity index (χ4v) is 2.37. The molecule has 0 unspecified atom stereocenters. The zero-order valence-electron chi connectivity index (χ0n) is 10.8. The van der Waals surface area contributed by atoms with Gasteiger partial charge in [0.1, 0.15) is 0 Å². The fourth-order valence-electron chi connectivity index (χ4n) is 1.77. The van der Waals surface area contributed by atoms with Crippen LogP contribution in [0.25, 0.3) is 0 Å². The minimum Gasteiger partial charge on any atom is -0.289 e. The van der Waals surface area contributed by atoms with Crippen molar-refractivity contribution in [1.29, 1.82) is 0 Å². The Labute approximate surface area is 132 Å². The van der Waals surface area contributed by atoms with Gasteiger partial charge in [-0.25, -0.2) is 0 Å². The highest BCUT2D eigenvalue weighted by Crippen LogP contribution is 2.33. The lowest BCUT2D eigenvalue weighted by atomic mass is 10.0. The van der Waals surface area contributed by atoms with Crippen LogP contribution in [0.1, 0.15) is 27.0 Å². The van der Waals surface area contributed by atoms with Crippen LogP contribution < -0.4 is 0 Å². The molecule has 2 aromatic carbocycles. The van der Waals surface area contributed by atoms with Crippen LogP contribution in [-0.4, -0.2) is 5.78 Å². The first-order chi connectivity index (χ1) is 9.70. The van der Waals surface area contributed by atoms with Gasteiger partial charge in [0.15, 0.2) is 5.78 Å². The molecule has 0 heterocycles. The first-order valence-corrected chi connectivity index (χ1v) is 7.05. The first kappa shape index (κ1) is 16.0. The maximum atomic E-state index is 12.7. The molecule has 110 valence electrons. The molecule has 1 nitrogen and oxygen atoms in total. The molecular formula is C15H9BrClF3O. The van der Waals surface area contributed by atoms with Gasteiger partial charge in [0.25, 0.3) is 0 Å². The molecule has 0 radical (unpaired) electrons. The second-order valence-electron chi connectivity index (χ2n) is 4.49. The van der Waals surface area contributed by atoms with E-state index in [1.165, 1.54) is 18.2 Å². The summed E-state index contributed by atoms with van der Waals surface area (Å²) in [5.74, 6) is -0.519. The summed E-state index contributed by atoms with van der Waals surface area (Å²) >= 11 is 9.05. The number of hydrogen-bond acceptors (Lipinski definition) is 1. The van der Waals surface area contributed by atoms with Crippen LogP contribution in [0.3, 0.4) is 0 Å². The Balaban J connectivity index is 2.50. The molecule has 0 aliphatic heterocycles. The van der Waals surface area contributed by atoms with Gasteiger partial charge in [-0.2, -0.15) is 13.2 Å². The topological polar surface area (TPSA) is 17.1 Å². The molecule has 0 spiro atoms. The van der Waals surface area contributed by atoms with Crippen LogP contribution in [0.15, 0.2) is 40.9 Å². The Bertz CT molecular complexity index is 711. The van der Waals surface area contributed by atoms with Crippen molar-refractivity contribution >= 4 is 33.3 Å². The van der Waals surface area contributed by atoms with Crippen LogP contribution in [0.4, 0.5) is 13.2 Å². The lowest BCUT2D eigenvalue weighted by Gasteiger charge is -2.10. The Kier molecular flexibility index (Phi) is 4.44. The molecule has 2 aromatic rings. The number of alkyl halides is 3. The van der Waals surface area contributed by atoms with E-state index in [9.17, 15) is 18.0 Å². The van der Waals surface area contributed by atoms with Crippen LogP contribution in [-0.2, 0) is 6.18 Å². The Morgan fingerprint density at radius 1 is 1.14 bits per heavy atom. The molecule has 0 fully saturated rings. The van der Waals surface area contributed by atoms with Crippen molar-refractivity contribution in [3.8, 4) is 0 Å². The monoisotopic (exact) mass is 376 g/mol. The van der Waals surface area contributed by atoms with Gasteiger partial charge in [-0.3, -0.25) is 4.79 Å². The molecule has 0 aromatic heterocycles. The molecular weight excluding hydrogens is 369 g/mol. The summed E-state index contributed by atoms with van der Waals surface area (Å²) in [5, 5.41) is 0.393. The highest BCUT2D eigenvalue weighted by Gasteiger charge is 2.31. The minimum atomic E-state index is -4.50. The number of halogens is 5. The number of aryl methyl sites for hydroxylation is 1. The smallest absolute Gasteiger partial charge is 0.289 e. The minimum absolute atomic E-state index is 0.0512. The van der Waals surface area contributed by atoms with Crippen molar-refractivity contribution in [1.82, 2.24) is 0 Å². The van der Waals surface area contributed by atoms with Crippen LogP contribution in [0, 0.1) is 6.92 Å². The molecule has 0 aliphatic rings. The predicted octanol–water partition coefficient (Wildman–Crippen LogP) is 5.66. The summed E-state index contributed by atoms with van der Waals surface area (Å²) in [6, 6.07) is 7.61. The average molecular weight is 378 g/mol. The van der Waals surface area contributed by atoms with E-state index >= 15 is 0 Å². The molecule has 21 heavy (non-hydrogen) atoms. The van der Waals surface area contributed by atoms with Gasteiger partial charge in [0, 0.05) is 20.6 Å². The number of rotatable bonds is 2. The van der Waals surface area contributed by atoms with Crippen molar-refractivity contribution < 1.29 is 18.0 Å². The summed E-state index contributed by atoms with van der Waals surface area (Å²) in [4.78, 5) is 12.4. The van der Waals surface area contributed by atoms with Gasteiger partial charge in [0.05, 0.1) is 5.56 Å². The van der Waals surface area contributed by atoms with Crippen molar-refractivity contribution in [3.05, 3.63) is 68.1 Å². The first-order valence-electron chi connectivity index (χ1n) is 5.88. The lowest BCUT2D eigenvalue weighted by molar-refractivity contribution is -0.137. The van der Waals surface area contributed by atoms with Crippen molar-refractivity contribution in [2.75, 3.05) is 0 Å². The van der Waals surface area contributed by atoms with Gasteiger partial charge in [-0.1, -0.05) is 39.7 Å². The average Bonchev–Trinajstić information content (AvgIpc) is 2.40. The van der Waals surface area contributed by atoms with Crippen LogP contribution >= 0.6 is 27.5 Å². The fraction of sp³-hybridized carbons (Fsp3) is 0.133. The number of benzene rings is 2. The zero-order chi connectivity index (χ0) is 15.8. The number of hydrogen-bond donors (Lipinski definition) is 0.